The maximum absolute atomic E-state index is 11.3. The van der Waals surface area contributed by atoms with Gasteiger partial charge < -0.3 is 5.11 Å². The van der Waals surface area contributed by atoms with Crippen molar-refractivity contribution in [3.05, 3.63) is 5.82 Å². The summed E-state index contributed by atoms with van der Waals surface area (Å²) in [6.45, 7) is 2.03. The summed E-state index contributed by atoms with van der Waals surface area (Å²) in [5.74, 6) is -0.0240. The SMILES string of the molecule is CCc1nsc(SC2CCCCCC2C(=O)O)n1. The summed E-state index contributed by atoms with van der Waals surface area (Å²) in [5.41, 5.74) is 0. The molecule has 1 fully saturated rings. The van der Waals surface area contributed by atoms with Gasteiger partial charge in [0, 0.05) is 11.7 Å². The van der Waals surface area contributed by atoms with Crippen molar-refractivity contribution in [3.8, 4) is 0 Å². The predicted octanol–water partition coefficient (Wildman–Crippen LogP) is 3.23. The van der Waals surface area contributed by atoms with Crippen molar-refractivity contribution in [1.82, 2.24) is 9.36 Å². The summed E-state index contributed by atoms with van der Waals surface area (Å²) < 4.78 is 5.18. The van der Waals surface area contributed by atoms with Crippen molar-refractivity contribution < 1.29 is 9.90 Å². The molecule has 1 aromatic heterocycles. The zero-order valence-electron chi connectivity index (χ0n) is 10.5. The Morgan fingerprint density at radius 2 is 2.22 bits per heavy atom. The number of aliphatic carboxylic acids is 1. The van der Waals surface area contributed by atoms with Gasteiger partial charge in [0.1, 0.15) is 5.82 Å². The fourth-order valence-corrected chi connectivity index (χ4v) is 4.53. The third kappa shape index (κ3) is 3.45. The van der Waals surface area contributed by atoms with E-state index >= 15 is 0 Å². The van der Waals surface area contributed by atoms with Gasteiger partial charge in [0.15, 0.2) is 4.34 Å². The van der Waals surface area contributed by atoms with E-state index in [-0.39, 0.29) is 11.2 Å². The van der Waals surface area contributed by atoms with Crippen LogP contribution in [0, 0.1) is 5.92 Å². The molecule has 1 aliphatic carbocycles. The number of carboxylic acids is 1. The van der Waals surface area contributed by atoms with E-state index in [0.29, 0.717) is 0 Å². The van der Waals surface area contributed by atoms with Crippen LogP contribution in [0.25, 0.3) is 0 Å². The maximum atomic E-state index is 11.3. The summed E-state index contributed by atoms with van der Waals surface area (Å²) in [4.78, 5) is 15.7. The zero-order chi connectivity index (χ0) is 13.0. The number of carboxylic acid groups (broad SMARTS) is 1. The third-order valence-electron chi connectivity index (χ3n) is 3.29. The molecule has 2 atom stereocenters. The lowest BCUT2D eigenvalue weighted by Gasteiger charge is -2.19. The van der Waals surface area contributed by atoms with Crippen LogP contribution in [-0.2, 0) is 11.2 Å². The van der Waals surface area contributed by atoms with Gasteiger partial charge in [-0.1, -0.05) is 37.9 Å². The van der Waals surface area contributed by atoms with Gasteiger partial charge in [-0.15, -0.1) is 0 Å². The van der Waals surface area contributed by atoms with Crippen molar-refractivity contribution in [2.24, 2.45) is 5.92 Å². The summed E-state index contributed by atoms with van der Waals surface area (Å²) in [6, 6.07) is 0. The summed E-state index contributed by atoms with van der Waals surface area (Å²) in [7, 11) is 0. The highest BCUT2D eigenvalue weighted by atomic mass is 32.2. The van der Waals surface area contributed by atoms with Crippen LogP contribution in [-0.4, -0.2) is 25.7 Å². The lowest BCUT2D eigenvalue weighted by molar-refractivity contribution is -0.141. The first-order chi connectivity index (χ1) is 8.70. The van der Waals surface area contributed by atoms with Gasteiger partial charge in [0.2, 0.25) is 0 Å². The molecule has 0 bridgehead atoms. The number of hydrogen-bond donors (Lipinski definition) is 1. The van der Waals surface area contributed by atoms with E-state index < -0.39 is 5.97 Å². The van der Waals surface area contributed by atoms with E-state index in [2.05, 4.69) is 9.36 Å². The van der Waals surface area contributed by atoms with Crippen LogP contribution in [0.15, 0.2) is 4.34 Å². The van der Waals surface area contributed by atoms with Crippen molar-refractivity contribution >= 4 is 29.3 Å². The van der Waals surface area contributed by atoms with E-state index in [1.807, 2.05) is 6.92 Å². The molecule has 6 heteroatoms. The van der Waals surface area contributed by atoms with Gasteiger partial charge in [-0.3, -0.25) is 4.79 Å². The van der Waals surface area contributed by atoms with Crippen LogP contribution in [0.4, 0.5) is 0 Å². The lowest BCUT2D eigenvalue weighted by Crippen LogP contribution is -2.24. The molecule has 0 saturated heterocycles. The normalized spacial score (nSPS) is 24.7. The second-order valence-electron chi connectivity index (χ2n) is 4.57. The Labute approximate surface area is 115 Å². The molecule has 1 aromatic rings. The van der Waals surface area contributed by atoms with E-state index in [1.54, 1.807) is 11.8 Å². The fourth-order valence-electron chi connectivity index (χ4n) is 2.26. The highest BCUT2D eigenvalue weighted by molar-refractivity contribution is 8.01. The molecule has 100 valence electrons. The summed E-state index contributed by atoms with van der Waals surface area (Å²) >= 11 is 3.01. The van der Waals surface area contributed by atoms with Crippen LogP contribution in [0.3, 0.4) is 0 Å². The van der Waals surface area contributed by atoms with Crippen molar-refractivity contribution in [3.63, 3.8) is 0 Å². The van der Waals surface area contributed by atoms with Gasteiger partial charge in [-0.25, -0.2) is 4.98 Å². The van der Waals surface area contributed by atoms with E-state index in [4.69, 9.17) is 0 Å². The lowest BCUT2D eigenvalue weighted by atomic mass is 10.0. The molecule has 0 radical (unpaired) electrons. The standard InChI is InChI=1S/C12H18N2O2S2/c1-2-10-13-12(18-14-10)17-9-7-5-3-4-6-8(9)11(15)16/h8-9H,2-7H2,1H3,(H,15,16). The quantitative estimate of drug-likeness (QED) is 0.861. The van der Waals surface area contributed by atoms with Gasteiger partial charge in [0.05, 0.1) is 5.92 Å². The second-order valence-corrected chi connectivity index (χ2v) is 6.81. The van der Waals surface area contributed by atoms with Crippen LogP contribution in [0.1, 0.15) is 44.9 Å². The first-order valence-electron chi connectivity index (χ1n) is 6.42. The molecule has 2 rings (SSSR count). The Hall–Kier alpha value is -0.620. The van der Waals surface area contributed by atoms with E-state index in [1.165, 1.54) is 11.5 Å². The van der Waals surface area contributed by atoms with Crippen molar-refractivity contribution in [1.29, 1.82) is 0 Å². The third-order valence-corrected chi connectivity index (χ3v) is 5.51. The molecule has 1 heterocycles. The largest absolute Gasteiger partial charge is 0.481 e. The van der Waals surface area contributed by atoms with E-state index in [9.17, 15) is 9.90 Å². The average molecular weight is 286 g/mol. The molecule has 0 amide bonds. The molecular formula is C12H18N2O2S2. The van der Waals surface area contributed by atoms with Crippen LogP contribution in [0.5, 0.6) is 0 Å². The van der Waals surface area contributed by atoms with E-state index in [0.717, 1.165) is 48.7 Å². The number of rotatable bonds is 4. The molecule has 0 aromatic carbocycles. The minimum atomic E-state index is -0.658. The first kappa shape index (κ1) is 13.8. The molecule has 1 aliphatic rings. The number of aromatic nitrogens is 2. The highest BCUT2D eigenvalue weighted by Crippen LogP contribution is 2.37. The molecule has 1 saturated carbocycles. The van der Waals surface area contributed by atoms with Crippen molar-refractivity contribution in [2.45, 2.75) is 55.0 Å². The van der Waals surface area contributed by atoms with Gasteiger partial charge in [0.25, 0.3) is 0 Å². The van der Waals surface area contributed by atoms with Crippen molar-refractivity contribution in [2.75, 3.05) is 0 Å². The zero-order valence-corrected chi connectivity index (χ0v) is 12.1. The Balaban J connectivity index is 2.05. The number of aryl methyl sites for hydroxylation is 1. The average Bonchev–Trinajstić information content (AvgIpc) is 2.66. The highest BCUT2D eigenvalue weighted by Gasteiger charge is 2.31. The molecule has 0 spiro atoms. The number of thioether (sulfide) groups is 1. The van der Waals surface area contributed by atoms with Crippen LogP contribution in [0.2, 0.25) is 0 Å². The molecule has 1 N–H and O–H groups in total. The predicted molar refractivity (Wildman–Crippen MR) is 73.1 cm³/mol. The molecule has 18 heavy (non-hydrogen) atoms. The topological polar surface area (TPSA) is 63.1 Å². The number of hydrogen-bond acceptors (Lipinski definition) is 5. The summed E-state index contributed by atoms with van der Waals surface area (Å²) in [6.07, 6.45) is 5.92. The molecular weight excluding hydrogens is 268 g/mol. The van der Waals surface area contributed by atoms with Gasteiger partial charge >= 0.3 is 5.97 Å². The second kappa shape index (κ2) is 6.52. The summed E-state index contributed by atoms with van der Waals surface area (Å²) in [5, 5.41) is 9.47. The Morgan fingerprint density at radius 1 is 1.44 bits per heavy atom. The smallest absolute Gasteiger partial charge is 0.307 e. The molecule has 0 aliphatic heterocycles. The van der Waals surface area contributed by atoms with Gasteiger partial charge in [-0.2, -0.15) is 4.37 Å². The Bertz CT molecular complexity index is 409. The number of nitrogens with zero attached hydrogens (tertiary/aromatic N) is 2. The first-order valence-corrected chi connectivity index (χ1v) is 8.08. The van der Waals surface area contributed by atoms with Crippen LogP contribution >= 0.6 is 23.3 Å². The Kier molecular flexibility index (Phi) is 5.00. The number of carbonyl (C=O) groups is 1. The maximum Gasteiger partial charge on any atom is 0.307 e. The van der Waals surface area contributed by atoms with Gasteiger partial charge in [-0.05, 0) is 24.4 Å². The minimum absolute atomic E-state index is 0.155. The monoisotopic (exact) mass is 286 g/mol. The minimum Gasteiger partial charge on any atom is -0.481 e. The molecule has 4 nitrogen and oxygen atoms in total. The molecule has 2 unspecified atom stereocenters. The van der Waals surface area contributed by atoms with Crippen LogP contribution < -0.4 is 0 Å². The Morgan fingerprint density at radius 3 is 2.89 bits per heavy atom. The fraction of sp³-hybridized carbons (Fsp3) is 0.750.